The van der Waals surface area contributed by atoms with Gasteiger partial charge in [-0.05, 0) is 25.5 Å². The highest BCUT2D eigenvalue weighted by Gasteiger charge is 2.27. The Kier molecular flexibility index (Phi) is 3.29. The largest absolute Gasteiger partial charge is 0.493 e. The van der Waals surface area contributed by atoms with E-state index in [1.54, 1.807) is 20.1 Å². The van der Waals surface area contributed by atoms with E-state index in [2.05, 4.69) is 0 Å². The van der Waals surface area contributed by atoms with E-state index in [-0.39, 0.29) is 11.9 Å². The zero-order chi connectivity index (χ0) is 12.6. The van der Waals surface area contributed by atoms with E-state index >= 15 is 0 Å². The first-order valence-electron chi connectivity index (χ1n) is 5.57. The first kappa shape index (κ1) is 12.2. The Labute approximate surface area is 106 Å². The molecule has 3 nitrogen and oxygen atoms in total. The predicted octanol–water partition coefficient (Wildman–Crippen LogP) is 2.80. The molecule has 1 aliphatic heterocycles. The van der Waals surface area contributed by atoms with Gasteiger partial charge < -0.3 is 9.47 Å². The van der Waals surface area contributed by atoms with Gasteiger partial charge in [0.05, 0.1) is 12.1 Å². The lowest BCUT2D eigenvalue weighted by molar-refractivity contribution is -0.116. The van der Waals surface area contributed by atoms with Crippen LogP contribution in [0.2, 0.25) is 5.02 Å². The number of carbonyl (C=O) groups is 1. The zero-order valence-electron chi connectivity index (χ0n) is 10.2. The predicted molar refractivity (Wildman–Crippen MR) is 66.2 cm³/mol. The molecule has 1 aliphatic rings. The number of Topliss-reactive ketones (excluding diaryl/α,β-unsaturated/α-hetero) is 1. The van der Waals surface area contributed by atoms with Crippen LogP contribution in [-0.4, -0.2) is 19.0 Å². The molecule has 0 radical (unpaired) electrons. The maximum Gasteiger partial charge on any atom is 0.166 e. The number of hydrogen-bond donors (Lipinski definition) is 0. The third-order valence-corrected chi connectivity index (χ3v) is 3.29. The normalized spacial score (nSPS) is 17.5. The number of rotatable bonds is 3. The van der Waals surface area contributed by atoms with Crippen LogP contribution in [0.1, 0.15) is 25.0 Å². The summed E-state index contributed by atoms with van der Waals surface area (Å²) in [4.78, 5) is 11.2. The molecule has 1 heterocycles. The van der Waals surface area contributed by atoms with Crippen LogP contribution < -0.4 is 9.47 Å². The van der Waals surface area contributed by atoms with Crippen molar-refractivity contribution in [3.8, 4) is 11.5 Å². The van der Waals surface area contributed by atoms with Gasteiger partial charge in [-0.2, -0.15) is 0 Å². The number of ketones is 1. The van der Waals surface area contributed by atoms with Crippen molar-refractivity contribution in [3.63, 3.8) is 0 Å². The van der Waals surface area contributed by atoms with Crippen LogP contribution in [0, 0.1) is 0 Å². The van der Waals surface area contributed by atoms with Gasteiger partial charge in [-0.1, -0.05) is 11.6 Å². The zero-order valence-corrected chi connectivity index (χ0v) is 10.9. The molecule has 0 aromatic heterocycles. The second-order valence-corrected chi connectivity index (χ2v) is 4.75. The van der Waals surface area contributed by atoms with E-state index in [1.165, 1.54) is 0 Å². The summed E-state index contributed by atoms with van der Waals surface area (Å²) in [6, 6.07) is 1.79. The van der Waals surface area contributed by atoms with Gasteiger partial charge in [0.25, 0.3) is 0 Å². The molecule has 2 rings (SSSR count). The Balaban J connectivity index is 2.51. The fourth-order valence-electron chi connectivity index (χ4n) is 2.12. The van der Waals surface area contributed by atoms with Gasteiger partial charge >= 0.3 is 0 Å². The minimum Gasteiger partial charge on any atom is -0.493 e. The van der Waals surface area contributed by atoms with Crippen molar-refractivity contribution in [2.24, 2.45) is 0 Å². The average molecular weight is 255 g/mol. The van der Waals surface area contributed by atoms with Crippen LogP contribution in [0.5, 0.6) is 11.5 Å². The fourth-order valence-corrected chi connectivity index (χ4v) is 2.40. The Morgan fingerprint density at radius 2 is 2.35 bits per heavy atom. The molecule has 0 bridgehead atoms. The highest BCUT2D eigenvalue weighted by molar-refractivity contribution is 6.32. The topological polar surface area (TPSA) is 35.5 Å². The highest BCUT2D eigenvalue weighted by atomic mass is 35.5. The molecule has 0 fully saturated rings. The monoisotopic (exact) mass is 254 g/mol. The molecular weight excluding hydrogens is 240 g/mol. The second kappa shape index (κ2) is 4.57. The van der Waals surface area contributed by atoms with E-state index in [0.717, 1.165) is 23.3 Å². The number of fused-ring (bicyclic) bond motifs is 1. The summed E-state index contributed by atoms with van der Waals surface area (Å²) < 4.78 is 11.0. The molecule has 1 unspecified atom stereocenters. The van der Waals surface area contributed by atoms with E-state index < -0.39 is 0 Å². The first-order valence-corrected chi connectivity index (χ1v) is 5.95. The molecule has 1 aromatic carbocycles. The van der Waals surface area contributed by atoms with Gasteiger partial charge in [0.15, 0.2) is 11.5 Å². The van der Waals surface area contributed by atoms with E-state index in [4.69, 9.17) is 21.1 Å². The van der Waals surface area contributed by atoms with Crippen LogP contribution in [-0.2, 0) is 17.6 Å². The molecule has 1 atom stereocenters. The van der Waals surface area contributed by atoms with Gasteiger partial charge in [-0.25, -0.2) is 0 Å². The van der Waals surface area contributed by atoms with Crippen LogP contribution in [0.4, 0.5) is 0 Å². The van der Waals surface area contributed by atoms with Gasteiger partial charge in [0.2, 0.25) is 0 Å². The van der Waals surface area contributed by atoms with Crippen molar-refractivity contribution < 1.29 is 14.3 Å². The Hall–Kier alpha value is -1.22. The minimum atomic E-state index is 0.0841. The van der Waals surface area contributed by atoms with Gasteiger partial charge in [-0.15, -0.1) is 0 Å². The van der Waals surface area contributed by atoms with Crippen LogP contribution in [0.3, 0.4) is 0 Å². The Morgan fingerprint density at radius 3 is 2.94 bits per heavy atom. The SMILES string of the molecule is COc1cc(CC(C)=O)c(Cl)c2c1OC(C)C2. The van der Waals surface area contributed by atoms with Crippen LogP contribution in [0.25, 0.3) is 0 Å². The van der Waals surface area contributed by atoms with Gasteiger partial charge in [0.1, 0.15) is 11.9 Å². The molecule has 92 valence electrons. The van der Waals surface area contributed by atoms with Crippen molar-refractivity contribution in [3.05, 3.63) is 22.2 Å². The molecule has 0 saturated carbocycles. The molecule has 4 heteroatoms. The van der Waals surface area contributed by atoms with Crippen molar-refractivity contribution >= 4 is 17.4 Å². The summed E-state index contributed by atoms with van der Waals surface area (Å²) in [5, 5.41) is 0.639. The highest BCUT2D eigenvalue weighted by Crippen LogP contribution is 2.43. The Morgan fingerprint density at radius 1 is 1.65 bits per heavy atom. The summed E-state index contributed by atoms with van der Waals surface area (Å²) in [7, 11) is 1.59. The number of carbonyl (C=O) groups excluding carboxylic acids is 1. The number of ether oxygens (including phenoxy) is 2. The summed E-state index contributed by atoms with van der Waals surface area (Å²) in [5.74, 6) is 1.46. The molecule has 0 spiro atoms. The number of methoxy groups -OCH3 is 1. The van der Waals surface area contributed by atoms with Crippen molar-refractivity contribution in [2.45, 2.75) is 32.8 Å². The summed E-state index contributed by atoms with van der Waals surface area (Å²) >= 11 is 6.30. The number of hydrogen-bond acceptors (Lipinski definition) is 3. The summed E-state index contributed by atoms with van der Waals surface area (Å²) in [6.07, 6.45) is 1.19. The molecule has 1 aromatic rings. The fraction of sp³-hybridized carbons (Fsp3) is 0.462. The lowest BCUT2D eigenvalue weighted by atomic mass is 10.0. The second-order valence-electron chi connectivity index (χ2n) is 4.37. The van der Waals surface area contributed by atoms with Crippen molar-refractivity contribution in [1.82, 2.24) is 0 Å². The molecule has 17 heavy (non-hydrogen) atoms. The maximum atomic E-state index is 11.2. The summed E-state index contributed by atoms with van der Waals surface area (Å²) in [6.45, 7) is 3.54. The third kappa shape index (κ3) is 2.25. The van der Waals surface area contributed by atoms with Crippen molar-refractivity contribution in [1.29, 1.82) is 0 Å². The van der Waals surface area contributed by atoms with Gasteiger partial charge in [0, 0.05) is 18.4 Å². The molecule has 0 amide bonds. The molecule has 0 saturated heterocycles. The summed E-state index contributed by atoms with van der Waals surface area (Å²) in [5.41, 5.74) is 1.77. The Bertz CT molecular complexity index is 468. The molecular formula is C13H15ClO3. The first-order chi connectivity index (χ1) is 8.02. The van der Waals surface area contributed by atoms with E-state index in [9.17, 15) is 4.79 Å². The standard InChI is InChI=1S/C13H15ClO3/c1-7(15)4-9-6-11(16-3)13-10(12(9)14)5-8(2)17-13/h6,8H,4-5H2,1-3H3. The smallest absolute Gasteiger partial charge is 0.166 e. The lowest BCUT2D eigenvalue weighted by Gasteiger charge is -2.12. The van der Waals surface area contributed by atoms with Crippen LogP contribution in [0.15, 0.2) is 6.07 Å². The number of halogens is 1. The van der Waals surface area contributed by atoms with E-state index in [1.807, 2.05) is 6.92 Å². The van der Waals surface area contributed by atoms with Crippen molar-refractivity contribution in [2.75, 3.05) is 7.11 Å². The van der Waals surface area contributed by atoms with Gasteiger partial charge in [-0.3, -0.25) is 4.79 Å². The minimum absolute atomic E-state index is 0.0841. The number of benzene rings is 1. The maximum absolute atomic E-state index is 11.2. The molecule has 0 aliphatic carbocycles. The third-order valence-electron chi connectivity index (χ3n) is 2.82. The average Bonchev–Trinajstić information content (AvgIpc) is 2.64. The molecule has 0 N–H and O–H groups in total. The van der Waals surface area contributed by atoms with E-state index in [0.29, 0.717) is 17.2 Å². The van der Waals surface area contributed by atoms with Crippen LogP contribution >= 0.6 is 11.6 Å². The quantitative estimate of drug-likeness (QED) is 0.832. The lowest BCUT2D eigenvalue weighted by Crippen LogP contribution is -2.05.